The zero-order valence-electron chi connectivity index (χ0n) is 23.2. The van der Waals surface area contributed by atoms with E-state index in [1.54, 1.807) is 18.2 Å². The van der Waals surface area contributed by atoms with Crippen molar-refractivity contribution in [2.45, 2.75) is 51.1 Å². The van der Waals surface area contributed by atoms with Crippen LogP contribution in [-0.2, 0) is 32.3 Å². The fourth-order valence-electron chi connectivity index (χ4n) is 4.75. The van der Waals surface area contributed by atoms with Crippen LogP contribution in [0.4, 0.5) is 11.4 Å². The number of aliphatic hydroxyl groups excluding tert-OH is 1. The third kappa shape index (κ3) is 7.59. The van der Waals surface area contributed by atoms with Gasteiger partial charge in [0.15, 0.2) is 17.3 Å². The Balaban J connectivity index is 1.16. The van der Waals surface area contributed by atoms with Crippen LogP contribution in [0.2, 0.25) is 0 Å². The first-order valence-corrected chi connectivity index (χ1v) is 14.0. The highest BCUT2D eigenvalue weighted by Gasteiger charge is 2.30. The lowest BCUT2D eigenvalue weighted by Crippen LogP contribution is -2.33. The number of carbonyl (C=O) groups excluding carboxylic acids is 2. The first kappa shape index (κ1) is 29.0. The van der Waals surface area contributed by atoms with Gasteiger partial charge in [-0.3, -0.25) is 9.59 Å². The molecule has 3 aromatic rings. The van der Waals surface area contributed by atoms with Gasteiger partial charge in [0.05, 0.1) is 24.6 Å². The molecule has 2 aliphatic rings. The van der Waals surface area contributed by atoms with Gasteiger partial charge in [-0.05, 0) is 59.9 Å². The SMILES string of the molecule is Nc1ccccc1NC(=O)CCCCNC(=O)C1=CC(c2ccc3c(c2)OCO3)CC(OCc2ccc(CO)cc2)O1. The molecule has 5 N–H and O–H groups in total. The van der Waals surface area contributed by atoms with Crippen LogP contribution < -0.4 is 25.8 Å². The third-order valence-corrected chi connectivity index (χ3v) is 7.10. The quantitative estimate of drug-likeness (QED) is 0.185. The van der Waals surface area contributed by atoms with Crippen LogP contribution in [0.3, 0.4) is 0 Å². The van der Waals surface area contributed by atoms with E-state index in [1.807, 2.05) is 54.6 Å². The summed E-state index contributed by atoms with van der Waals surface area (Å²) in [5.74, 6) is 0.913. The fourth-order valence-corrected chi connectivity index (χ4v) is 4.75. The van der Waals surface area contributed by atoms with Gasteiger partial charge < -0.3 is 40.4 Å². The summed E-state index contributed by atoms with van der Waals surface area (Å²) in [5.41, 5.74) is 9.69. The number of hydrogen-bond acceptors (Lipinski definition) is 8. The second-order valence-corrected chi connectivity index (χ2v) is 10.2. The number of hydrogen-bond donors (Lipinski definition) is 4. The van der Waals surface area contributed by atoms with Crippen LogP contribution in [0.15, 0.2) is 78.6 Å². The molecule has 42 heavy (non-hydrogen) atoms. The number of nitrogen functional groups attached to an aromatic ring is 1. The molecule has 5 rings (SSSR count). The molecule has 0 aromatic heterocycles. The predicted octanol–water partition coefficient (Wildman–Crippen LogP) is 4.35. The molecule has 2 atom stereocenters. The number of anilines is 2. The van der Waals surface area contributed by atoms with Gasteiger partial charge in [0.2, 0.25) is 19.0 Å². The van der Waals surface area contributed by atoms with Crippen molar-refractivity contribution in [3.63, 3.8) is 0 Å². The predicted molar refractivity (Wildman–Crippen MR) is 156 cm³/mol. The average molecular weight is 574 g/mol. The first-order valence-electron chi connectivity index (χ1n) is 14.0. The van der Waals surface area contributed by atoms with E-state index in [2.05, 4.69) is 10.6 Å². The molecule has 0 spiro atoms. The summed E-state index contributed by atoms with van der Waals surface area (Å²) in [6, 6.07) is 20.3. The molecular weight excluding hydrogens is 538 g/mol. The molecule has 0 saturated carbocycles. The lowest BCUT2D eigenvalue weighted by atomic mass is 9.92. The number of nitrogens with one attached hydrogen (secondary N) is 2. The lowest BCUT2D eigenvalue weighted by Gasteiger charge is -2.29. The van der Waals surface area contributed by atoms with E-state index in [0.717, 1.165) is 16.7 Å². The Kier molecular flexibility index (Phi) is 9.58. The molecule has 0 fully saturated rings. The van der Waals surface area contributed by atoms with Gasteiger partial charge in [-0.25, -0.2) is 0 Å². The normalized spacial score (nSPS) is 17.2. The summed E-state index contributed by atoms with van der Waals surface area (Å²) >= 11 is 0. The molecule has 2 unspecified atom stereocenters. The average Bonchev–Trinajstić information content (AvgIpc) is 3.49. The molecule has 0 radical (unpaired) electrons. The number of unbranched alkanes of at least 4 members (excludes halogenated alkanes) is 1. The highest BCUT2D eigenvalue weighted by atomic mass is 16.7. The summed E-state index contributed by atoms with van der Waals surface area (Å²) in [6.45, 7) is 0.829. The van der Waals surface area contributed by atoms with E-state index in [1.165, 1.54) is 0 Å². The molecule has 10 heteroatoms. The summed E-state index contributed by atoms with van der Waals surface area (Å²) in [5, 5.41) is 15.0. The molecule has 3 aromatic carbocycles. The standard InChI is InChI=1S/C32H35N3O7/c33-25-5-1-2-6-26(25)35-30(37)7-3-4-14-34-32(38)29-16-24(23-12-13-27-28(15-23)41-20-40-27)17-31(42-29)39-19-22-10-8-21(18-36)9-11-22/h1-2,5-6,8-13,15-16,24,31,36H,3-4,7,14,17-20,33H2,(H,34,38)(H,35,37). The summed E-state index contributed by atoms with van der Waals surface area (Å²) in [4.78, 5) is 25.4. The van der Waals surface area contributed by atoms with Crippen molar-refractivity contribution in [2.75, 3.05) is 24.4 Å². The number of para-hydroxylation sites is 2. The number of benzene rings is 3. The Morgan fingerprint density at radius 3 is 2.57 bits per heavy atom. The van der Waals surface area contributed by atoms with Crippen molar-refractivity contribution in [1.82, 2.24) is 5.32 Å². The van der Waals surface area contributed by atoms with Crippen LogP contribution in [-0.4, -0.2) is 36.5 Å². The number of amides is 2. The molecule has 2 aliphatic heterocycles. The summed E-state index contributed by atoms with van der Waals surface area (Å²) in [7, 11) is 0. The first-order chi connectivity index (χ1) is 20.5. The number of carbonyl (C=O) groups is 2. The van der Waals surface area contributed by atoms with Crippen molar-refractivity contribution in [3.8, 4) is 11.5 Å². The van der Waals surface area contributed by atoms with Crippen LogP contribution in [0.5, 0.6) is 11.5 Å². The second-order valence-electron chi connectivity index (χ2n) is 10.2. The van der Waals surface area contributed by atoms with Gasteiger partial charge in [0, 0.05) is 25.3 Å². The van der Waals surface area contributed by atoms with E-state index in [0.29, 0.717) is 55.1 Å². The topological polar surface area (TPSA) is 141 Å². The van der Waals surface area contributed by atoms with Crippen molar-refractivity contribution in [1.29, 1.82) is 0 Å². The van der Waals surface area contributed by atoms with Crippen LogP contribution in [0, 0.1) is 0 Å². The monoisotopic (exact) mass is 573 g/mol. The molecule has 2 amide bonds. The third-order valence-electron chi connectivity index (χ3n) is 7.10. The Morgan fingerprint density at radius 2 is 1.76 bits per heavy atom. The Morgan fingerprint density at radius 1 is 0.976 bits per heavy atom. The number of fused-ring (bicyclic) bond motifs is 1. The van der Waals surface area contributed by atoms with Gasteiger partial charge in [-0.2, -0.15) is 0 Å². The molecule has 0 saturated heterocycles. The Labute approximate surface area is 244 Å². The minimum atomic E-state index is -0.655. The maximum absolute atomic E-state index is 13.1. The minimum Gasteiger partial charge on any atom is -0.459 e. The molecule has 10 nitrogen and oxygen atoms in total. The molecule has 2 heterocycles. The van der Waals surface area contributed by atoms with Gasteiger partial charge in [0.25, 0.3) is 5.91 Å². The maximum atomic E-state index is 13.1. The van der Waals surface area contributed by atoms with Gasteiger partial charge in [0.1, 0.15) is 0 Å². The molecular formula is C32H35N3O7. The zero-order valence-corrected chi connectivity index (χ0v) is 23.2. The number of aliphatic hydroxyl groups is 1. The van der Waals surface area contributed by atoms with E-state index in [4.69, 9.17) is 24.7 Å². The van der Waals surface area contributed by atoms with E-state index < -0.39 is 6.29 Å². The number of rotatable bonds is 12. The number of allylic oxidation sites excluding steroid dienone is 1. The number of ether oxygens (including phenoxy) is 4. The minimum absolute atomic E-state index is 0.0244. The maximum Gasteiger partial charge on any atom is 0.286 e. The van der Waals surface area contributed by atoms with Gasteiger partial charge >= 0.3 is 0 Å². The number of nitrogens with two attached hydrogens (primary N) is 1. The molecule has 0 bridgehead atoms. The van der Waals surface area contributed by atoms with E-state index in [9.17, 15) is 14.7 Å². The zero-order chi connectivity index (χ0) is 29.3. The van der Waals surface area contributed by atoms with E-state index in [-0.39, 0.29) is 43.5 Å². The highest BCUT2D eigenvalue weighted by molar-refractivity contribution is 5.93. The van der Waals surface area contributed by atoms with Crippen molar-refractivity contribution < 1.29 is 33.6 Å². The van der Waals surface area contributed by atoms with Crippen molar-refractivity contribution in [2.24, 2.45) is 0 Å². The second kappa shape index (κ2) is 13.9. The summed E-state index contributed by atoms with van der Waals surface area (Å²) in [6.07, 6.45) is 3.18. The van der Waals surface area contributed by atoms with E-state index >= 15 is 0 Å². The van der Waals surface area contributed by atoms with Crippen LogP contribution >= 0.6 is 0 Å². The Hall–Kier alpha value is -4.54. The van der Waals surface area contributed by atoms with Gasteiger partial charge in [-0.1, -0.05) is 42.5 Å². The fraction of sp³-hybridized carbons (Fsp3) is 0.312. The highest BCUT2D eigenvalue weighted by Crippen LogP contribution is 2.38. The Bertz CT molecular complexity index is 1420. The molecule has 0 aliphatic carbocycles. The van der Waals surface area contributed by atoms with Gasteiger partial charge in [-0.15, -0.1) is 0 Å². The lowest BCUT2D eigenvalue weighted by molar-refractivity contribution is -0.150. The van der Waals surface area contributed by atoms with Crippen LogP contribution in [0.25, 0.3) is 0 Å². The smallest absolute Gasteiger partial charge is 0.286 e. The summed E-state index contributed by atoms with van der Waals surface area (Å²) < 4.78 is 23.1. The largest absolute Gasteiger partial charge is 0.459 e. The van der Waals surface area contributed by atoms with Crippen molar-refractivity contribution in [3.05, 3.63) is 95.3 Å². The van der Waals surface area contributed by atoms with Crippen molar-refractivity contribution >= 4 is 23.2 Å². The molecule has 220 valence electrons. The van der Waals surface area contributed by atoms with Crippen LogP contribution in [0.1, 0.15) is 48.3 Å².